The SMILES string of the molecule is Nc1cc(C(=O)N2CCc3ccccc3C2)ccc1O. The highest BCUT2D eigenvalue weighted by atomic mass is 16.3. The van der Waals surface area contributed by atoms with Crippen LogP contribution in [-0.2, 0) is 13.0 Å². The topological polar surface area (TPSA) is 66.6 Å². The minimum absolute atomic E-state index is 0.00513. The lowest BCUT2D eigenvalue weighted by Crippen LogP contribution is -2.35. The van der Waals surface area contributed by atoms with E-state index in [1.807, 2.05) is 17.0 Å². The Hall–Kier alpha value is -2.49. The standard InChI is InChI=1S/C16H16N2O2/c17-14-9-12(5-6-15(14)19)16(20)18-8-7-11-3-1-2-4-13(11)10-18/h1-6,9,19H,7-8,10,17H2. The molecule has 0 saturated heterocycles. The number of nitrogens with two attached hydrogens (primary N) is 1. The smallest absolute Gasteiger partial charge is 0.254 e. The fourth-order valence-electron chi connectivity index (χ4n) is 2.54. The van der Waals surface area contributed by atoms with Crippen molar-refractivity contribution in [3.63, 3.8) is 0 Å². The van der Waals surface area contributed by atoms with Gasteiger partial charge in [0.05, 0.1) is 5.69 Å². The Kier molecular flexibility index (Phi) is 3.06. The maximum absolute atomic E-state index is 12.5. The number of anilines is 1. The van der Waals surface area contributed by atoms with Gasteiger partial charge in [-0.25, -0.2) is 0 Å². The van der Waals surface area contributed by atoms with E-state index < -0.39 is 0 Å². The highest BCUT2D eigenvalue weighted by Crippen LogP contribution is 2.24. The molecule has 2 aromatic rings. The first-order valence-corrected chi connectivity index (χ1v) is 6.59. The fourth-order valence-corrected chi connectivity index (χ4v) is 2.54. The van der Waals surface area contributed by atoms with Crippen molar-refractivity contribution in [1.82, 2.24) is 4.90 Å². The molecule has 2 aromatic carbocycles. The van der Waals surface area contributed by atoms with E-state index in [0.717, 1.165) is 6.42 Å². The van der Waals surface area contributed by atoms with Crippen molar-refractivity contribution in [1.29, 1.82) is 0 Å². The highest BCUT2D eigenvalue weighted by molar-refractivity contribution is 5.95. The van der Waals surface area contributed by atoms with Crippen LogP contribution in [0.15, 0.2) is 42.5 Å². The fraction of sp³-hybridized carbons (Fsp3) is 0.188. The maximum atomic E-state index is 12.5. The minimum Gasteiger partial charge on any atom is -0.506 e. The van der Waals surface area contributed by atoms with Gasteiger partial charge < -0.3 is 15.7 Å². The van der Waals surface area contributed by atoms with Crippen molar-refractivity contribution in [2.24, 2.45) is 0 Å². The zero-order valence-corrected chi connectivity index (χ0v) is 11.0. The van der Waals surface area contributed by atoms with E-state index in [1.165, 1.54) is 23.3 Å². The van der Waals surface area contributed by atoms with Crippen LogP contribution in [0.25, 0.3) is 0 Å². The lowest BCUT2D eigenvalue weighted by atomic mass is 9.99. The summed E-state index contributed by atoms with van der Waals surface area (Å²) in [5.74, 6) is -0.0447. The summed E-state index contributed by atoms with van der Waals surface area (Å²) in [6.07, 6.45) is 0.871. The molecule has 102 valence electrons. The second-order valence-corrected chi connectivity index (χ2v) is 5.02. The van der Waals surface area contributed by atoms with E-state index in [9.17, 15) is 9.90 Å². The number of benzene rings is 2. The van der Waals surface area contributed by atoms with Gasteiger partial charge in [0.15, 0.2) is 0 Å². The normalized spacial score (nSPS) is 13.9. The van der Waals surface area contributed by atoms with Crippen LogP contribution in [0.1, 0.15) is 21.5 Å². The number of nitrogens with zero attached hydrogens (tertiary/aromatic N) is 1. The molecule has 0 radical (unpaired) electrons. The van der Waals surface area contributed by atoms with Crippen molar-refractivity contribution in [3.8, 4) is 5.75 Å². The van der Waals surface area contributed by atoms with Crippen LogP contribution in [0, 0.1) is 0 Å². The van der Waals surface area contributed by atoms with Crippen molar-refractivity contribution < 1.29 is 9.90 Å². The Labute approximate surface area is 117 Å². The molecule has 3 N–H and O–H groups in total. The number of aromatic hydroxyl groups is 1. The van der Waals surface area contributed by atoms with Crippen molar-refractivity contribution in [2.75, 3.05) is 12.3 Å². The first-order chi connectivity index (χ1) is 9.65. The molecular weight excluding hydrogens is 252 g/mol. The number of phenols is 1. The summed E-state index contributed by atoms with van der Waals surface area (Å²) in [5, 5.41) is 9.42. The van der Waals surface area contributed by atoms with Gasteiger partial charge in [-0.15, -0.1) is 0 Å². The summed E-state index contributed by atoms with van der Waals surface area (Å²) in [6.45, 7) is 1.33. The van der Waals surface area contributed by atoms with E-state index in [4.69, 9.17) is 5.73 Å². The van der Waals surface area contributed by atoms with E-state index in [0.29, 0.717) is 18.7 Å². The van der Waals surface area contributed by atoms with Gasteiger partial charge in [-0.1, -0.05) is 24.3 Å². The summed E-state index contributed by atoms with van der Waals surface area (Å²) in [6, 6.07) is 12.8. The average molecular weight is 268 g/mol. The second-order valence-electron chi connectivity index (χ2n) is 5.02. The zero-order valence-electron chi connectivity index (χ0n) is 11.0. The second kappa shape index (κ2) is 4.89. The Balaban J connectivity index is 1.84. The van der Waals surface area contributed by atoms with Gasteiger partial charge in [-0.2, -0.15) is 0 Å². The molecule has 0 aliphatic carbocycles. The molecule has 0 saturated carbocycles. The van der Waals surface area contributed by atoms with Crippen LogP contribution < -0.4 is 5.73 Å². The number of phenolic OH excluding ortho intramolecular Hbond substituents is 1. The largest absolute Gasteiger partial charge is 0.506 e. The van der Waals surface area contributed by atoms with E-state index in [1.54, 1.807) is 6.07 Å². The van der Waals surface area contributed by atoms with Gasteiger partial charge in [-0.3, -0.25) is 4.79 Å². The van der Waals surface area contributed by atoms with Crippen molar-refractivity contribution in [2.45, 2.75) is 13.0 Å². The van der Waals surface area contributed by atoms with Gasteiger partial charge in [0.1, 0.15) is 5.75 Å². The van der Waals surface area contributed by atoms with Crippen LogP contribution in [-0.4, -0.2) is 22.5 Å². The number of nitrogen functional groups attached to an aromatic ring is 1. The predicted molar refractivity (Wildman–Crippen MR) is 77.4 cm³/mol. The number of fused-ring (bicyclic) bond motifs is 1. The molecule has 0 atom stereocenters. The quantitative estimate of drug-likeness (QED) is 0.615. The van der Waals surface area contributed by atoms with Crippen LogP contribution in [0.2, 0.25) is 0 Å². The number of carbonyl (C=O) groups is 1. The molecule has 0 aromatic heterocycles. The molecule has 4 nitrogen and oxygen atoms in total. The molecule has 0 spiro atoms. The summed E-state index contributed by atoms with van der Waals surface area (Å²) in [5.41, 5.74) is 8.89. The minimum atomic E-state index is -0.0498. The molecule has 1 aliphatic rings. The van der Waals surface area contributed by atoms with Crippen LogP contribution in [0.3, 0.4) is 0 Å². The molecule has 3 rings (SSSR count). The van der Waals surface area contributed by atoms with E-state index in [-0.39, 0.29) is 17.3 Å². The number of hydrogen-bond acceptors (Lipinski definition) is 3. The van der Waals surface area contributed by atoms with Gasteiger partial charge in [-0.05, 0) is 35.7 Å². The molecule has 4 heteroatoms. The Morgan fingerprint density at radius 3 is 2.65 bits per heavy atom. The Bertz CT molecular complexity index is 667. The molecule has 0 fully saturated rings. The first kappa shape index (κ1) is 12.5. The van der Waals surface area contributed by atoms with Crippen molar-refractivity contribution in [3.05, 3.63) is 59.2 Å². The van der Waals surface area contributed by atoms with Gasteiger partial charge in [0.25, 0.3) is 5.91 Å². The predicted octanol–water partition coefficient (Wildman–Crippen LogP) is 2.17. The summed E-state index contributed by atoms with van der Waals surface area (Å²) >= 11 is 0. The monoisotopic (exact) mass is 268 g/mol. The number of hydrogen-bond donors (Lipinski definition) is 2. The molecule has 1 heterocycles. The third-order valence-electron chi connectivity index (χ3n) is 3.69. The summed E-state index contributed by atoms with van der Waals surface area (Å²) in [4.78, 5) is 14.3. The maximum Gasteiger partial charge on any atom is 0.254 e. The Morgan fingerprint density at radius 1 is 1.15 bits per heavy atom. The van der Waals surface area contributed by atoms with Crippen LogP contribution in [0.4, 0.5) is 5.69 Å². The van der Waals surface area contributed by atoms with Crippen LogP contribution >= 0.6 is 0 Å². The van der Waals surface area contributed by atoms with E-state index in [2.05, 4.69) is 12.1 Å². The number of carbonyl (C=O) groups excluding carboxylic acids is 1. The zero-order chi connectivity index (χ0) is 14.1. The molecule has 0 unspecified atom stereocenters. The molecule has 1 amide bonds. The number of amides is 1. The third-order valence-corrected chi connectivity index (χ3v) is 3.69. The third kappa shape index (κ3) is 2.20. The van der Waals surface area contributed by atoms with Gasteiger partial charge >= 0.3 is 0 Å². The number of rotatable bonds is 1. The Morgan fingerprint density at radius 2 is 1.90 bits per heavy atom. The lowest BCUT2D eigenvalue weighted by molar-refractivity contribution is 0.0735. The van der Waals surface area contributed by atoms with Crippen molar-refractivity contribution >= 4 is 11.6 Å². The molecule has 0 bridgehead atoms. The molecular formula is C16H16N2O2. The summed E-state index contributed by atoms with van der Waals surface area (Å²) in [7, 11) is 0. The van der Waals surface area contributed by atoms with Crippen LogP contribution in [0.5, 0.6) is 5.75 Å². The highest BCUT2D eigenvalue weighted by Gasteiger charge is 2.21. The van der Waals surface area contributed by atoms with Gasteiger partial charge in [0.2, 0.25) is 0 Å². The van der Waals surface area contributed by atoms with Gasteiger partial charge in [0, 0.05) is 18.7 Å². The van der Waals surface area contributed by atoms with E-state index >= 15 is 0 Å². The molecule has 1 aliphatic heterocycles. The first-order valence-electron chi connectivity index (χ1n) is 6.59. The lowest BCUT2D eigenvalue weighted by Gasteiger charge is -2.29. The molecule has 20 heavy (non-hydrogen) atoms. The average Bonchev–Trinajstić information content (AvgIpc) is 2.49. The summed E-state index contributed by atoms with van der Waals surface area (Å²) < 4.78 is 0.